The molecule has 0 saturated heterocycles. The highest BCUT2D eigenvalue weighted by Gasteiger charge is 2.49. The van der Waals surface area contributed by atoms with E-state index in [0.717, 1.165) is 6.42 Å². The number of Topliss-reactive ketones (excluding diaryl/α,β-unsaturated/α-hetero) is 1. The van der Waals surface area contributed by atoms with Crippen molar-refractivity contribution in [3.63, 3.8) is 0 Å². The normalized spacial score (nSPS) is 17.6. The molecule has 34 heavy (non-hydrogen) atoms. The Kier molecular flexibility index (Phi) is 11.3. The van der Waals surface area contributed by atoms with Crippen molar-refractivity contribution in [2.75, 3.05) is 0 Å². The van der Waals surface area contributed by atoms with E-state index in [1.54, 1.807) is 0 Å². The number of carboxylic acid groups (broad SMARTS) is 1. The summed E-state index contributed by atoms with van der Waals surface area (Å²) in [6.07, 6.45) is 1.45. The number of allylic oxidation sites excluding steroid dienone is 1. The monoisotopic (exact) mass is 514 g/mol. The maximum absolute atomic E-state index is 14.1. The van der Waals surface area contributed by atoms with Crippen molar-refractivity contribution in [2.24, 2.45) is 17.3 Å². The highest BCUT2D eigenvalue weighted by Crippen LogP contribution is 2.43. The Balaban J connectivity index is 6.29. The molecule has 0 fully saturated rings. The van der Waals surface area contributed by atoms with Gasteiger partial charge in [-0.05, 0) is 48.6 Å². The van der Waals surface area contributed by atoms with Gasteiger partial charge in [-0.3, -0.25) is 9.59 Å². The molecule has 0 saturated carbocycles. The maximum atomic E-state index is 14.1. The minimum atomic E-state index is -2.30. The lowest BCUT2D eigenvalue weighted by atomic mass is 9.73. The average molecular weight is 515 g/mol. The molecular weight excluding hydrogens is 460 g/mol. The van der Waals surface area contributed by atoms with Crippen LogP contribution in [0.2, 0.25) is 36.3 Å². The lowest BCUT2D eigenvalue weighted by Gasteiger charge is -2.46. The van der Waals surface area contributed by atoms with Gasteiger partial charge in [-0.25, -0.2) is 0 Å². The summed E-state index contributed by atoms with van der Waals surface area (Å²) in [6, 6.07) is 0. The number of carboxylic acids is 1. The zero-order valence-electron chi connectivity index (χ0n) is 24.6. The summed E-state index contributed by atoms with van der Waals surface area (Å²) < 4.78 is 13.4. The second-order valence-electron chi connectivity index (χ2n) is 13.7. The van der Waals surface area contributed by atoms with Gasteiger partial charge in [0.15, 0.2) is 16.6 Å². The molecule has 0 aliphatic rings. The summed E-state index contributed by atoms with van der Waals surface area (Å²) in [6.45, 7) is 33.2. The van der Waals surface area contributed by atoms with E-state index >= 15 is 0 Å². The molecule has 7 heteroatoms. The largest absolute Gasteiger partial charge is 0.481 e. The van der Waals surface area contributed by atoms with Crippen LogP contribution in [0.15, 0.2) is 12.7 Å². The number of carbonyl (C=O) groups excluding carboxylic acids is 1. The van der Waals surface area contributed by atoms with Gasteiger partial charge >= 0.3 is 5.97 Å². The van der Waals surface area contributed by atoms with E-state index in [-0.39, 0.29) is 34.3 Å². The van der Waals surface area contributed by atoms with Crippen LogP contribution in [0.5, 0.6) is 0 Å². The summed E-state index contributed by atoms with van der Waals surface area (Å²) in [4.78, 5) is 25.9. The molecule has 200 valence electrons. The predicted molar refractivity (Wildman–Crippen MR) is 148 cm³/mol. The fraction of sp³-hybridized carbons (Fsp3) is 0.852. The molecule has 0 aromatic heterocycles. The van der Waals surface area contributed by atoms with E-state index in [1.165, 1.54) is 0 Å². The minimum absolute atomic E-state index is 0.00270. The third-order valence-corrected chi connectivity index (χ3v) is 17.2. The molecule has 0 radical (unpaired) electrons. The van der Waals surface area contributed by atoms with Gasteiger partial charge in [0, 0.05) is 11.3 Å². The van der Waals surface area contributed by atoms with E-state index in [4.69, 9.17) is 8.85 Å². The highest BCUT2D eigenvalue weighted by atomic mass is 28.4. The predicted octanol–water partition coefficient (Wildman–Crippen LogP) is 7.69. The molecule has 5 nitrogen and oxygen atoms in total. The zero-order chi connectivity index (χ0) is 27.5. The van der Waals surface area contributed by atoms with Gasteiger partial charge in [0.05, 0.1) is 18.6 Å². The standard InChI is InChI=1S/C27H54O5Si2/c1-16-17-19(2)23(32-34(14,15)26(7,8)9)20(3)24(30)27(10,11)21(18-22(28)29)31-33(12,13)25(4,5)6/h16,19-21,23H,1,17-18H2,2-15H3,(H,28,29)/t19?,20?,21?,23-/m0/s1. The summed E-state index contributed by atoms with van der Waals surface area (Å²) in [5, 5.41) is 9.58. The Bertz CT molecular complexity index is 714. The second-order valence-corrected chi connectivity index (χ2v) is 23.2. The Hall–Kier alpha value is -0.766. The van der Waals surface area contributed by atoms with Gasteiger partial charge < -0.3 is 14.0 Å². The van der Waals surface area contributed by atoms with Crippen molar-refractivity contribution in [1.82, 2.24) is 0 Å². The van der Waals surface area contributed by atoms with Crippen LogP contribution in [0.3, 0.4) is 0 Å². The molecule has 0 aliphatic carbocycles. The van der Waals surface area contributed by atoms with Gasteiger partial charge in [-0.15, -0.1) is 6.58 Å². The molecule has 0 aromatic rings. The third kappa shape index (κ3) is 8.42. The number of hydrogen-bond donors (Lipinski definition) is 1. The lowest BCUT2D eigenvalue weighted by Crippen LogP contribution is -2.54. The van der Waals surface area contributed by atoms with Gasteiger partial charge in [-0.1, -0.05) is 75.3 Å². The Morgan fingerprint density at radius 2 is 1.29 bits per heavy atom. The number of carbonyl (C=O) groups is 2. The Morgan fingerprint density at radius 3 is 1.65 bits per heavy atom. The summed E-state index contributed by atoms with van der Waals surface area (Å²) in [5.41, 5.74) is -0.976. The fourth-order valence-electron chi connectivity index (χ4n) is 3.65. The summed E-state index contributed by atoms with van der Waals surface area (Å²) in [7, 11) is -4.45. The van der Waals surface area contributed by atoms with Gasteiger partial charge in [0.1, 0.15) is 5.78 Å². The average Bonchev–Trinajstić information content (AvgIpc) is 2.62. The van der Waals surface area contributed by atoms with Crippen LogP contribution in [-0.2, 0) is 18.4 Å². The molecule has 3 unspecified atom stereocenters. The van der Waals surface area contributed by atoms with Crippen LogP contribution in [-0.4, -0.2) is 45.7 Å². The first-order chi connectivity index (χ1) is 14.9. The minimum Gasteiger partial charge on any atom is -0.481 e. The van der Waals surface area contributed by atoms with E-state index in [0.29, 0.717) is 0 Å². The van der Waals surface area contributed by atoms with E-state index in [1.807, 2.05) is 26.8 Å². The van der Waals surface area contributed by atoms with Crippen molar-refractivity contribution in [3.05, 3.63) is 12.7 Å². The topological polar surface area (TPSA) is 72.8 Å². The molecule has 0 bridgehead atoms. The molecule has 0 amide bonds. The molecule has 0 rings (SSSR count). The Labute approximate surface area is 212 Å². The third-order valence-electron chi connectivity index (χ3n) is 8.29. The summed E-state index contributed by atoms with van der Waals surface area (Å²) >= 11 is 0. The number of aliphatic carboxylic acids is 1. The first kappa shape index (κ1) is 33.2. The molecule has 0 spiro atoms. The summed E-state index contributed by atoms with van der Waals surface area (Å²) in [5.74, 6) is -1.25. The van der Waals surface area contributed by atoms with Gasteiger partial charge in [0.25, 0.3) is 0 Å². The lowest BCUT2D eigenvalue weighted by molar-refractivity contribution is -0.146. The van der Waals surface area contributed by atoms with Crippen LogP contribution < -0.4 is 0 Å². The smallest absolute Gasteiger partial charge is 0.305 e. The van der Waals surface area contributed by atoms with Gasteiger partial charge in [0.2, 0.25) is 0 Å². The first-order valence-corrected chi connectivity index (χ1v) is 18.5. The molecule has 0 heterocycles. The number of ketones is 1. The molecule has 0 aromatic carbocycles. The first-order valence-electron chi connectivity index (χ1n) is 12.6. The van der Waals surface area contributed by atoms with E-state index in [2.05, 4.69) is 81.2 Å². The van der Waals surface area contributed by atoms with E-state index < -0.39 is 40.0 Å². The van der Waals surface area contributed by atoms with E-state index in [9.17, 15) is 14.7 Å². The van der Waals surface area contributed by atoms with Crippen molar-refractivity contribution in [2.45, 2.75) is 131 Å². The van der Waals surface area contributed by atoms with Crippen LogP contribution >= 0.6 is 0 Å². The zero-order valence-corrected chi connectivity index (χ0v) is 26.6. The fourth-order valence-corrected chi connectivity index (χ4v) is 6.57. The molecule has 1 N–H and O–H groups in total. The Morgan fingerprint density at radius 1 is 0.882 bits per heavy atom. The highest BCUT2D eigenvalue weighted by molar-refractivity contribution is 6.74. The van der Waals surface area contributed by atoms with Crippen molar-refractivity contribution >= 4 is 28.4 Å². The molecule has 0 aliphatic heterocycles. The molecular formula is C27H54O5Si2. The van der Waals surface area contributed by atoms with Crippen LogP contribution in [0.25, 0.3) is 0 Å². The number of hydrogen-bond acceptors (Lipinski definition) is 4. The van der Waals surface area contributed by atoms with Crippen LogP contribution in [0.1, 0.15) is 82.1 Å². The van der Waals surface area contributed by atoms with Crippen LogP contribution in [0, 0.1) is 17.3 Å². The number of rotatable bonds is 13. The SMILES string of the molecule is C=CCC(C)[C@H](O[Si](C)(C)C(C)(C)C)C(C)C(=O)C(C)(C)C(CC(=O)O)O[Si](C)(C)C(C)(C)C. The van der Waals surface area contributed by atoms with Crippen molar-refractivity contribution < 1.29 is 23.5 Å². The quantitative estimate of drug-likeness (QED) is 0.201. The van der Waals surface area contributed by atoms with Crippen molar-refractivity contribution in [1.29, 1.82) is 0 Å². The molecule has 4 atom stereocenters. The maximum Gasteiger partial charge on any atom is 0.305 e. The van der Waals surface area contributed by atoms with Crippen LogP contribution in [0.4, 0.5) is 0 Å². The van der Waals surface area contributed by atoms with Gasteiger partial charge in [-0.2, -0.15) is 0 Å². The second kappa shape index (κ2) is 11.5. The van der Waals surface area contributed by atoms with Crippen molar-refractivity contribution in [3.8, 4) is 0 Å².